The van der Waals surface area contributed by atoms with Crippen LogP contribution in [-0.4, -0.2) is 23.8 Å². The zero-order valence-electron chi connectivity index (χ0n) is 5.55. The predicted molar refractivity (Wildman–Crippen MR) is 41.1 cm³/mol. The fourth-order valence-electron chi connectivity index (χ4n) is 1.34. The summed E-state index contributed by atoms with van der Waals surface area (Å²) in [5, 5.41) is 0. The molecule has 2 rings (SSSR count). The highest BCUT2D eigenvalue weighted by atomic mass is 79.9. The molecule has 1 atom stereocenters. The summed E-state index contributed by atoms with van der Waals surface area (Å²) in [4.78, 5) is 0.308. The lowest BCUT2D eigenvalue weighted by atomic mass is 10.2. The van der Waals surface area contributed by atoms with Crippen molar-refractivity contribution in [2.24, 2.45) is 0 Å². The average Bonchev–Trinajstić information content (AvgIpc) is 2.48. The van der Waals surface area contributed by atoms with E-state index in [0.29, 0.717) is 18.0 Å². The Bertz CT molecular complexity index is 161. The van der Waals surface area contributed by atoms with E-state index in [1.807, 2.05) is 6.08 Å². The molecule has 1 aliphatic heterocycles. The van der Waals surface area contributed by atoms with Crippen molar-refractivity contribution in [2.75, 3.05) is 13.2 Å². The van der Waals surface area contributed by atoms with Crippen molar-refractivity contribution in [3.05, 3.63) is 12.2 Å². The lowest BCUT2D eigenvalue weighted by molar-refractivity contribution is -0.108. The van der Waals surface area contributed by atoms with Gasteiger partial charge in [0.1, 0.15) is 0 Å². The second-order valence-electron chi connectivity index (χ2n) is 2.52. The third-order valence-corrected chi connectivity index (χ3v) is 2.88. The molecule has 56 valence electrons. The summed E-state index contributed by atoms with van der Waals surface area (Å²) in [5.41, 5.74) is 0. The summed E-state index contributed by atoms with van der Waals surface area (Å²) in [6.07, 6.45) is 5.09. The van der Waals surface area contributed by atoms with Gasteiger partial charge in [-0.25, -0.2) is 0 Å². The quantitative estimate of drug-likeness (QED) is 0.440. The van der Waals surface area contributed by atoms with Gasteiger partial charge in [0, 0.05) is 0 Å². The van der Waals surface area contributed by atoms with Crippen LogP contribution in [0.1, 0.15) is 6.42 Å². The normalized spacial score (nSPS) is 35.9. The van der Waals surface area contributed by atoms with Gasteiger partial charge in [0.15, 0.2) is 0 Å². The van der Waals surface area contributed by atoms with E-state index in [-0.39, 0.29) is 0 Å². The first-order valence-corrected chi connectivity index (χ1v) is 4.35. The number of ether oxygens (including phenoxy) is 2. The van der Waals surface area contributed by atoms with Crippen LogP contribution in [0.3, 0.4) is 0 Å². The van der Waals surface area contributed by atoms with E-state index >= 15 is 0 Å². The second kappa shape index (κ2) is 2.32. The highest BCUT2D eigenvalue weighted by Crippen LogP contribution is 2.36. The van der Waals surface area contributed by atoms with Gasteiger partial charge in [0.05, 0.1) is 18.0 Å². The summed E-state index contributed by atoms with van der Waals surface area (Å²) in [7, 11) is 0. The van der Waals surface area contributed by atoms with Crippen molar-refractivity contribution in [1.29, 1.82) is 0 Å². The van der Waals surface area contributed by atoms with Gasteiger partial charge >= 0.3 is 0 Å². The van der Waals surface area contributed by atoms with Crippen LogP contribution in [0.5, 0.6) is 0 Å². The highest BCUT2D eigenvalue weighted by molar-refractivity contribution is 9.09. The van der Waals surface area contributed by atoms with Crippen LogP contribution in [0.4, 0.5) is 0 Å². The van der Waals surface area contributed by atoms with E-state index in [1.165, 1.54) is 0 Å². The Balaban J connectivity index is 2.19. The molecule has 1 spiro atoms. The summed E-state index contributed by atoms with van der Waals surface area (Å²) >= 11 is 3.51. The van der Waals surface area contributed by atoms with Crippen LogP contribution in [0.25, 0.3) is 0 Å². The van der Waals surface area contributed by atoms with Crippen molar-refractivity contribution >= 4 is 15.9 Å². The van der Waals surface area contributed by atoms with E-state index in [2.05, 4.69) is 22.0 Å². The standard InChI is InChI=1S/C7H9BrO2/c8-6-2-1-3-7(6)9-4-5-10-7/h1,3,6H,2,4-5H2. The first-order valence-electron chi connectivity index (χ1n) is 3.43. The van der Waals surface area contributed by atoms with Crippen LogP contribution in [0, 0.1) is 0 Å². The Labute approximate surface area is 68.3 Å². The zero-order valence-corrected chi connectivity index (χ0v) is 7.13. The zero-order chi connectivity index (χ0) is 7.03. The molecule has 0 aromatic rings. The van der Waals surface area contributed by atoms with Gasteiger partial charge in [-0.2, -0.15) is 0 Å². The van der Waals surface area contributed by atoms with Gasteiger partial charge in [-0.15, -0.1) is 0 Å². The summed E-state index contributed by atoms with van der Waals surface area (Å²) < 4.78 is 10.9. The molecule has 2 nitrogen and oxygen atoms in total. The van der Waals surface area contributed by atoms with E-state index < -0.39 is 5.79 Å². The Morgan fingerprint density at radius 3 is 2.60 bits per heavy atom. The van der Waals surface area contributed by atoms with Crippen LogP contribution in [-0.2, 0) is 9.47 Å². The minimum Gasteiger partial charge on any atom is -0.343 e. The third-order valence-electron chi connectivity index (χ3n) is 1.87. The maximum Gasteiger partial charge on any atom is 0.201 e. The topological polar surface area (TPSA) is 18.5 Å². The molecule has 1 aliphatic carbocycles. The molecule has 0 aromatic carbocycles. The number of hydrogen-bond donors (Lipinski definition) is 0. The van der Waals surface area contributed by atoms with Gasteiger partial charge < -0.3 is 9.47 Å². The smallest absolute Gasteiger partial charge is 0.201 e. The number of hydrogen-bond acceptors (Lipinski definition) is 2. The molecule has 10 heavy (non-hydrogen) atoms. The largest absolute Gasteiger partial charge is 0.343 e. The lowest BCUT2D eigenvalue weighted by Crippen LogP contribution is -2.34. The van der Waals surface area contributed by atoms with Crippen LogP contribution in [0.15, 0.2) is 12.2 Å². The van der Waals surface area contributed by atoms with Crippen LogP contribution >= 0.6 is 15.9 Å². The number of rotatable bonds is 0. The Hall–Kier alpha value is 0.140. The second-order valence-corrected chi connectivity index (χ2v) is 3.63. The minimum atomic E-state index is -0.417. The van der Waals surface area contributed by atoms with E-state index in [4.69, 9.17) is 9.47 Å². The molecule has 2 aliphatic rings. The number of alkyl halides is 1. The first kappa shape index (κ1) is 6.83. The molecule has 0 N–H and O–H groups in total. The van der Waals surface area contributed by atoms with E-state index in [9.17, 15) is 0 Å². The summed E-state index contributed by atoms with van der Waals surface area (Å²) in [5.74, 6) is -0.417. The Morgan fingerprint density at radius 1 is 1.40 bits per heavy atom. The Kier molecular flexibility index (Phi) is 1.59. The number of halogens is 1. The van der Waals surface area contributed by atoms with Crippen LogP contribution in [0.2, 0.25) is 0 Å². The maximum atomic E-state index is 5.46. The van der Waals surface area contributed by atoms with Crippen molar-refractivity contribution in [3.8, 4) is 0 Å². The monoisotopic (exact) mass is 204 g/mol. The van der Waals surface area contributed by atoms with Gasteiger partial charge in [0.2, 0.25) is 5.79 Å². The van der Waals surface area contributed by atoms with E-state index in [1.54, 1.807) is 0 Å². The Morgan fingerprint density at radius 2 is 2.10 bits per heavy atom. The fourth-order valence-corrected chi connectivity index (χ4v) is 1.97. The predicted octanol–water partition coefficient (Wildman–Crippen LogP) is 1.45. The maximum absolute atomic E-state index is 5.46. The molecule has 1 fully saturated rings. The molecule has 1 heterocycles. The molecule has 0 amide bonds. The van der Waals surface area contributed by atoms with Crippen molar-refractivity contribution in [2.45, 2.75) is 17.0 Å². The molecular weight excluding hydrogens is 196 g/mol. The van der Waals surface area contributed by atoms with Gasteiger partial charge in [-0.1, -0.05) is 22.0 Å². The van der Waals surface area contributed by atoms with Crippen LogP contribution < -0.4 is 0 Å². The molecule has 0 saturated carbocycles. The molecule has 0 bridgehead atoms. The molecule has 0 radical (unpaired) electrons. The van der Waals surface area contributed by atoms with Gasteiger partial charge in [-0.05, 0) is 12.5 Å². The van der Waals surface area contributed by atoms with Crippen molar-refractivity contribution in [1.82, 2.24) is 0 Å². The molecular formula is C7H9BrO2. The van der Waals surface area contributed by atoms with E-state index in [0.717, 1.165) is 6.42 Å². The first-order chi connectivity index (χ1) is 4.83. The minimum absolute atomic E-state index is 0.308. The van der Waals surface area contributed by atoms with Crippen molar-refractivity contribution < 1.29 is 9.47 Å². The average molecular weight is 205 g/mol. The third kappa shape index (κ3) is 0.847. The molecule has 1 saturated heterocycles. The highest BCUT2D eigenvalue weighted by Gasteiger charge is 2.43. The van der Waals surface area contributed by atoms with Gasteiger partial charge in [0.25, 0.3) is 0 Å². The summed E-state index contributed by atoms with van der Waals surface area (Å²) in [6.45, 7) is 1.43. The SMILES string of the molecule is BrC1CC=CC12OCCO2. The van der Waals surface area contributed by atoms with Crippen molar-refractivity contribution in [3.63, 3.8) is 0 Å². The molecule has 0 aromatic heterocycles. The number of allylic oxidation sites excluding steroid dienone is 1. The molecule has 3 heteroatoms. The van der Waals surface area contributed by atoms with Gasteiger partial charge in [-0.3, -0.25) is 0 Å². The summed E-state index contributed by atoms with van der Waals surface area (Å²) in [6, 6.07) is 0. The molecule has 1 unspecified atom stereocenters. The lowest BCUT2D eigenvalue weighted by Gasteiger charge is -2.23. The fraction of sp³-hybridized carbons (Fsp3) is 0.714.